The van der Waals surface area contributed by atoms with E-state index < -0.39 is 11.2 Å². The van der Waals surface area contributed by atoms with E-state index in [1.54, 1.807) is 67.6 Å². The molecule has 0 fully saturated rings. The summed E-state index contributed by atoms with van der Waals surface area (Å²) in [5.74, 6) is -0.307. The molecule has 7 nitrogen and oxygen atoms in total. The summed E-state index contributed by atoms with van der Waals surface area (Å²) in [5.41, 5.74) is 1.33. The van der Waals surface area contributed by atoms with E-state index in [-0.39, 0.29) is 23.4 Å². The lowest BCUT2D eigenvalue weighted by Crippen LogP contribution is -2.25. The van der Waals surface area contributed by atoms with Crippen LogP contribution in [-0.4, -0.2) is 28.4 Å². The van der Waals surface area contributed by atoms with Gasteiger partial charge in [0.1, 0.15) is 17.9 Å². The number of aromatic nitrogens is 2. The molecule has 0 aliphatic rings. The summed E-state index contributed by atoms with van der Waals surface area (Å²) in [7, 11) is 1.52. The van der Waals surface area contributed by atoms with Gasteiger partial charge in [-0.3, -0.25) is 14.4 Å². The fourth-order valence-corrected chi connectivity index (χ4v) is 3.62. The Labute approximate surface area is 194 Å². The van der Waals surface area contributed by atoms with E-state index in [9.17, 15) is 14.4 Å². The third-order valence-corrected chi connectivity index (χ3v) is 5.36. The molecule has 0 bridgehead atoms. The molecule has 8 heteroatoms. The number of amides is 1. The molecule has 2 heterocycles. The minimum Gasteiger partial charge on any atom is -0.495 e. The zero-order valence-corrected chi connectivity index (χ0v) is 18.7. The normalized spacial score (nSPS) is 10.8. The molecule has 0 radical (unpaired) electrons. The van der Waals surface area contributed by atoms with E-state index >= 15 is 0 Å². The second-order valence-corrected chi connectivity index (χ2v) is 7.84. The summed E-state index contributed by atoms with van der Waals surface area (Å²) in [4.78, 5) is 43.5. The highest BCUT2D eigenvalue weighted by Gasteiger charge is 2.19. The molecule has 166 valence electrons. The number of aryl methyl sites for hydroxylation is 1. The van der Waals surface area contributed by atoms with Crippen LogP contribution in [0.2, 0.25) is 5.02 Å². The summed E-state index contributed by atoms with van der Waals surface area (Å²) < 4.78 is 6.79. The quantitative estimate of drug-likeness (QED) is 0.434. The first-order valence-electron chi connectivity index (χ1n) is 10.1. The molecule has 4 rings (SSSR count). The number of ether oxygens (including phenoxy) is 1. The number of rotatable bonds is 6. The van der Waals surface area contributed by atoms with Crippen molar-refractivity contribution in [2.24, 2.45) is 0 Å². The molecular weight excluding hydrogens is 442 g/mol. The van der Waals surface area contributed by atoms with Crippen molar-refractivity contribution < 1.29 is 14.3 Å². The number of para-hydroxylation sites is 2. The highest BCUT2D eigenvalue weighted by Crippen LogP contribution is 2.23. The Morgan fingerprint density at radius 1 is 1.06 bits per heavy atom. The SMILES string of the molecule is COc1ccccc1NC(=O)Cn1cc(C(=O)c2ccc(Cl)cc2)c(=O)c2ccc(C)nc21. The second kappa shape index (κ2) is 9.26. The summed E-state index contributed by atoms with van der Waals surface area (Å²) >= 11 is 5.92. The molecular formula is C25H20ClN3O4. The number of nitrogens with one attached hydrogen (secondary N) is 1. The number of carbonyl (C=O) groups excluding carboxylic acids is 2. The molecule has 0 aliphatic carbocycles. The molecule has 4 aromatic rings. The van der Waals surface area contributed by atoms with Crippen LogP contribution in [0, 0.1) is 6.92 Å². The maximum Gasteiger partial charge on any atom is 0.244 e. The van der Waals surface area contributed by atoms with Crippen LogP contribution in [0.1, 0.15) is 21.6 Å². The smallest absolute Gasteiger partial charge is 0.244 e. The van der Waals surface area contributed by atoms with Crippen LogP contribution >= 0.6 is 11.6 Å². The van der Waals surface area contributed by atoms with Crippen molar-refractivity contribution in [3.05, 3.63) is 98.9 Å². The number of anilines is 1. The van der Waals surface area contributed by atoms with Crippen LogP contribution in [0.15, 0.2) is 71.7 Å². The van der Waals surface area contributed by atoms with Gasteiger partial charge in [-0.2, -0.15) is 0 Å². The minimum absolute atomic E-state index is 0.0550. The Morgan fingerprint density at radius 2 is 1.79 bits per heavy atom. The number of methoxy groups -OCH3 is 1. The maximum atomic E-state index is 13.1. The number of fused-ring (bicyclic) bond motifs is 1. The summed E-state index contributed by atoms with van der Waals surface area (Å²) in [6.07, 6.45) is 1.38. The number of hydrogen-bond acceptors (Lipinski definition) is 5. The van der Waals surface area contributed by atoms with Crippen molar-refractivity contribution in [2.75, 3.05) is 12.4 Å². The van der Waals surface area contributed by atoms with Gasteiger partial charge in [-0.05, 0) is 55.5 Å². The lowest BCUT2D eigenvalue weighted by molar-refractivity contribution is -0.116. The third kappa shape index (κ3) is 4.63. The standard InChI is InChI=1S/C25H20ClN3O4/c1-15-7-12-18-24(32)19(23(31)16-8-10-17(26)11-9-16)13-29(25(18)27-15)14-22(30)28-20-5-3-4-6-21(20)33-2/h3-13H,14H2,1-2H3,(H,28,30). The molecule has 0 aliphatic heterocycles. The zero-order chi connectivity index (χ0) is 23.5. The Bertz CT molecular complexity index is 1430. The molecule has 1 amide bonds. The molecule has 0 unspecified atom stereocenters. The molecule has 1 N–H and O–H groups in total. The van der Waals surface area contributed by atoms with Crippen LogP contribution in [0.3, 0.4) is 0 Å². The van der Waals surface area contributed by atoms with Gasteiger partial charge >= 0.3 is 0 Å². The number of benzene rings is 2. The van der Waals surface area contributed by atoms with Gasteiger partial charge in [-0.15, -0.1) is 0 Å². The predicted molar refractivity (Wildman–Crippen MR) is 127 cm³/mol. The first-order chi connectivity index (χ1) is 15.9. The first kappa shape index (κ1) is 22.2. The molecule has 33 heavy (non-hydrogen) atoms. The van der Waals surface area contributed by atoms with E-state index in [0.29, 0.717) is 33.4 Å². The highest BCUT2D eigenvalue weighted by atomic mass is 35.5. The lowest BCUT2D eigenvalue weighted by atomic mass is 10.0. The number of nitrogens with zero attached hydrogens (tertiary/aromatic N) is 2. The monoisotopic (exact) mass is 461 g/mol. The second-order valence-electron chi connectivity index (χ2n) is 7.41. The molecule has 0 saturated carbocycles. The molecule has 0 saturated heterocycles. The van der Waals surface area contributed by atoms with Gasteiger partial charge in [0.05, 0.1) is 23.7 Å². The van der Waals surface area contributed by atoms with Gasteiger partial charge in [0.15, 0.2) is 5.78 Å². The zero-order valence-electron chi connectivity index (χ0n) is 18.0. The first-order valence-corrected chi connectivity index (χ1v) is 10.5. The average Bonchev–Trinajstić information content (AvgIpc) is 2.81. The van der Waals surface area contributed by atoms with Crippen LogP contribution in [0.25, 0.3) is 11.0 Å². The van der Waals surface area contributed by atoms with Crippen molar-refractivity contribution in [3.8, 4) is 5.75 Å². The molecule has 0 spiro atoms. The van der Waals surface area contributed by atoms with Crippen LogP contribution in [0.5, 0.6) is 5.75 Å². The van der Waals surface area contributed by atoms with E-state index in [4.69, 9.17) is 16.3 Å². The fraction of sp³-hybridized carbons (Fsp3) is 0.120. The molecule has 2 aromatic carbocycles. The van der Waals surface area contributed by atoms with Crippen molar-refractivity contribution in [2.45, 2.75) is 13.5 Å². The number of halogens is 1. The molecule has 0 atom stereocenters. The Kier molecular flexibility index (Phi) is 6.24. The largest absolute Gasteiger partial charge is 0.495 e. The van der Waals surface area contributed by atoms with Gasteiger partial charge in [0.25, 0.3) is 0 Å². The Morgan fingerprint density at radius 3 is 2.52 bits per heavy atom. The van der Waals surface area contributed by atoms with Gasteiger partial charge in [0.2, 0.25) is 11.3 Å². The van der Waals surface area contributed by atoms with E-state index in [1.807, 2.05) is 0 Å². The van der Waals surface area contributed by atoms with Crippen LogP contribution in [-0.2, 0) is 11.3 Å². The van der Waals surface area contributed by atoms with Gasteiger partial charge in [-0.1, -0.05) is 23.7 Å². The molecule has 2 aromatic heterocycles. The van der Waals surface area contributed by atoms with Crippen LogP contribution in [0.4, 0.5) is 5.69 Å². The number of pyridine rings is 2. The maximum absolute atomic E-state index is 13.1. The Hall–Kier alpha value is -3.97. The van der Waals surface area contributed by atoms with E-state index in [0.717, 1.165) is 0 Å². The third-order valence-electron chi connectivity index (χ3n) is 5.11. The number of ketones is 1. The van der Waals surface area contributed by atoms with Crippen molar-refractivity contribution >= 4 is 40.0 Å². The number of hydrogen-bond donors (Lipinski definition) is 1. The summed E-state index contributed by atoms with van der Waals surface area (Å²) in [6, 6.07) is 16.6. The van der Waals surface area contributed by atoms with Gasteiger partial charge in [-0.25, -0.2) is 4.98 Å². The highest BCUT2D eigenvalue weighted by molar-refractivity contribution is 6.30. The fourth-order valence-electron chi connectivity index (χ4n) is 3.49. The van der Waals surface area contributed by atoms with Crippen LogP contribution < -0.4 is 15.5 Å². The predicted octanol–water partition coefficient (Wildman–Crippen LogP) is 4.24. The topological polar surface area (TPSA) is 90.3 Å². The average molecular weight is 462 g/mol. The summed E-state index contributed by atoms with van der Waals surface area (Å²) in [6.45, 7) is 1.63. The van der Waals surface area contributed by atoms with Crippen molar-refractivity contribution in [3.63, 3.8) is 0 Å². The Balaban J connectivity index is 1.76. The number of carbonyl (C=O) groups is 2. The van der Waals surface area contributed by atoms with E-state index in [1.165, 1.54) is 17.9 Å². The summed E-state index contributed by atoms with van der Waals surface area (Å²) in [5, 5.41) is 3.54. The van der Waals surface area contributed by atoms with Gasteiger partial charge < -0.3 is 14.6 Å². The van der Waals surface area contributed by atoms with Gasteiger partial charge in [0, 0.05) is 22.5 Å². The van der Waals surface area contributed by atoms with E-state index in [2.05, 4.69) is 10.3 Å². The lowest BCUT2D eigenvalue weighted by Gasteiger charge is -2.14. The minimum atomic E-state index is -0.460. The van der Waals surface area contributed by atoms with Crippen molar-refractivity contribution in [1.29, 1.82) is 0 Å². The van der Waals surface area contributed by atoms with Crippen molar-refractivity contribution in [1.82, 2.24) is 9.55 Å².